The molecule has 0 aliphatic carbocycles. The molecular weight excluding hydrogens is 216 g/mol. The fourth-order valence-electron chi connectivity index (χ4n) is 2.19. The number of nitrogens with zero attached hydrogens (tertiary/aromatic N) is 2. The molecule has 1 aliphatic rings. The SMILES string of the molecule is CN(C)C1CN(C(=O)OC(C)(C)C)C(C)(C)C1. The zero-order chi connectivity index (χ0) is 13.4. The van der Waals surface area contributed by atoms with E-state index in [1.165, 1.54) is 0 Å². The molecule has 0 bridgehead atoms. The molecule has 4 heteroatoms. The summed E-state index contributed by atoms with van der Waals surface area (Å²) in [5, 5.41) is 0. The Balaban J connectivity index is 2.74. The second kappa shape index (κ2) is 4.48. The van der Waals surface area contributed by atoms with Gasteiger partial charge in [0, 0.05) is 18.1 Å². The Labute approximate surface area is 105 Å². The van der Waals surface area contributed by atoms with E-state index in [9.17, 15) is 4.79 Å². The molecule has 1 amide bonds. The zero-order valence-corrected chi connectivity index (χ0v) is 12.2. The van der Waals surface area contributed by atoms with Crippen LogP contribution in [-0.4, -0.2) is 53.7 Å². The third-order valence-electron chi connectivity index (χ3n) is 3.20. The first kappa shape index (κ1) is 14.3. The summed E-state index contributed by atoms with van der Waals surface area (Å²) in [6.07, 6.45) is 0.783. The van der Waals surface area contributed by atoms with Crippen molar-refractivity contribution >= 4 is 6.09 Å². The summed E-state index contributed by atoms with van der Waals surface area (Å²) in [6, 6.07) is 0.414. The number of amides is 1. The van der Waals surface area contributed by atoms with Gasteiger partial charge in [0.2, 0.25) is 0 Å². The van der Waals surface area contributed by atoms with Crippen molar-refractivity contribution in [2.75, 3.05) is 20.6 Å². The molecule has 0 radical (unpaired) electrons. The Kier molecular flexibility index (Phi) is 3.77. The topological polar surface area (TPSA) is 32.8 Å². The largest absolute Gasteiger partial charge is 0.444 e. The highest BCUT2D eigenvalue weighted by atomic mass is 16.6. The van der Waals surface area contributed by atoms with Crippen molar-refractivity contribution < 1.29 is 9.53 Å². The Morgan fingerprint density at radius 1 is 1.35 bits per heavy atom. The summed E-state index contributed by atoms with van der Waals surface area (Å²) < 4.78 is 5.45. The van der Waals surface area contributed by atoms with E-state index in [1.807, 2.05) is 25.7 Å². The van der Waals surface area contributed by atoms with Crippen molar-refractivity contribution in [3.63, 3.8) is 0 Å². The maximum atomic E-state index is 12.1. The van der Waals surface area contributed by atoms with E-state index in [0.717, 1.165) is 13.0 Å². The van der Waals surface area contributed by atoms with Crippen molar-refractivity contribution in [2.24, 2.45) is 0 Å². The molecular formula is C13H26N2O2. The number of ether oxygens (including phenoxy) is 1. The fourth-order valence-corrected chi connectivity index (χ4v) is 2.19. The number of carbonyl (C=O) groups excluding carboxylic acids is 1. The van der Waals surface area contributed by atoms with Gasteiger partial charge in [-0.25, -0.2) is 4.79 Å². The van der Waals surface area contributed by atoms with Gasteiger partial charge in [-0.3, -0.25) is 0 Å². The van der Waals surface area contributed by atoms with Gasteiger partial charge in [-0.15, -0.1) is 0 Å². The van der Waals surface area contributed by atoms with E-state index in [-0.39, 0.29) is 11.6 Å². The van der Waals surface area contributed by atoms with E-state index in [1.54, 1.807) is 0 Å². The number of likely N-dealkylation sites (N-methyl/N-ethyl adjacent to an activating group) is 1. The van der Waals surface area contributed by atoms with Crippen LogP contribution in [0.3, 0.4) is 0 Å². The lowest BCUT2D eigenvalue weighted by Crippen LogP contribution is -2.45. The highest BCUT2D eigenvalue weighted by molar-refractivity contribution is 5.69. The Morgan fingerprint density at radius 3 is 2.24 bits per heavy atom. The van der Waals surface area contributed by atoms with Crippen LogP contribution in [0, 0.1) is 0 Å². The van der Waals surface area contributed by atoms with Gasteiger partial charge < -0.3 is 14.5 Å². The average molecular weight is 242 g/mol. The molecule has 0 aromatic rings. The molecule has 1 atom stereocenters. The van der Waals surface area contributed by atoms with Gasteiger partial charge in [-0.1, -0.05) is 0 Å². The third kappa shape index (κ3) is 3.60. The van der Waals surface area contributed by atoms with Crippen LogP contribution in [-0.2, 0) is 4.74 Å². The summed E-state index contributed by atoms with van der Waals surface area (Å²) in [4.78, 5) is 16.2. The molecule has 100 valence electrons. The first-order valence-electron chi connectivity index (χ1n) is 6.20. The monoisotopic (exact) mass is 242 g/mol. The number of carbonyl (C=O) groups is 1. The van der Waals surface area contributed by atoms with Crippen LogP contribution in [0.4, 0.5) is 4.79 Å². The molecule has 0 spiro atoms. The number of hydrogen-bond acceptors (Lipinski definition) is 3. The van der Waals surface area contributed by atoms with E-state index in [0.29, 0.717) is 6.04 Å². The lowest BCUT2D eigenvalue weighted by Gasteiger charge is -2.33. The minimum absolute atomic E-state index is 0.128. The Morgan fingerprint density at radius 2 is 1.88 bits per heavy atom. The normalized spacial score (nSPS) is 24.2. The second-order valence-corrected chi connectivity index (χ2v) is 6.72. The van der Waals surface area contributed by atoms with Crippen LogP contribution in [0.1, 0.15) is 41.0 Å². The maximum Gasteiger partial charge on any atom is 0.410 e. The van der Waals surface area contributed by atoms with Crippen LogP contribution >= 0.6 is 0 Å². The van der Waals surface area contributed by atoms with E-state index in [4.69, 9.17) is 4.74 Å². The summed E-state index contributed by atoms with van der Waals surface area (Å²) in [7, 11) is 4.11. The summed E-state index contributed by atoms with van der Waals surface area (Å²) in [5.41, 5.74) is -0.555. The standard InChI is InChI=1S/C13H26N2O2/c1-12(2,3)17-11(16)15-9-10(14(6)7)8-13(15,4)5/h10H,8-9H2,1-7H3. The van der Waals surface area contributed by atoms with Gasteiger partial charge in [0.05, 0.1) is 0 Å². The van der Waals surface area contributed by atoms with Crippen LogP contribution in [0.5, 0.6) is 0 Å². The molecule has 1 unspecified atom stereocenters. The molecule has 1 heterocycles. The van der Waals surface area contributed by atoms with Crippen molar-refractivity contribution in [3.8, 4) is 0 Å². The predicted octanol–water partition coefficient (Wildman–Crippen LogP) is 2.34. The van der Waals surface area contributed by atoms with Crippen LogP contribution < -0.4 is 0 Å². The molecule has 1 aliphatic heterocycles. The molecule has 1 rings (SSSR count). The van der Waals surface area contributed by atoms with Gasteiger partial charge in [-0.2, -0.15) is 0 Å². The molecule has 0 aromatic heterocycles. The van der Waals surface area contributed by atoms with Crippen LogP contribution in [0.15, 0.2) is 0 Å². The van der Waals surface area contributed by atoms with Crippen molar-refractivity contribution in [3.05, 3.63) is 0 Å². The molecule has 1 fully saturated rings. The summed E-state index contributed by atoms with van der Waals surface area (Å²) in [6.45, 7) is 10.6. The summed E-state index contributed by atoms with van der Waals surface area (Å²) >= 11 is 0. The van der Waals surface area contributed by atoms with E-state index in [2.05, 4.69) is 32.8 Å². The second-order valence-electron chi connectivity index (χ2n) is 6.72. The van der Waals surface area contributed by atoms with E-state index >= 15 is 0 Å². The van der Waals surface area contributed by atoms with E-state index < -0.39 is 5.60 Å². The Hall–Kier alpha value is -0.770. The molecule has 0 aromatic carbocycles. The first-order valence-corrected chi connectivity index (χ1v) is 6.20. The van der Waals surface area contributed by atoms with Gasteiger partial charge >= 0.3 is 6.09 Å². The lowest BCUT2D eigenvalue weighted by atomic mass is 10.0. The highest BCUT2D eigenvalue weighted by Gasteiger charge is 2.43. The number of rotatable bonds is 1. The zero-order valence-electron chi connectivity index (χ0n) is 12.2. The molecule has 17 heavy (non-hydrogen) atoms. The van der Waals surface area contributed by atoms with Gasteiger partial charge in [0.15, 0.2) is 0 Å². The molecule has 0 N–H and O–H groups in total. The quantitative estimate of drug-likeness (QED) is 0.707. The van der Waals surface area contributed by atoms with Gasteiger partial charge in [0.1, 0.15) is 5.60 Å². The van der Waals surface area contributed by atoms with Crippen LogP contribution in [0.25, 0.3) is 0 Å². The minimum atomic E-state index is -0.427. The third-order valence-corrected chi connectivity index (χ3v) is 3.20. The Bertz CT molecular complexity index is 292. The van der Waals surface area contributed by atoms with Crippen molar-refractivity contribution in [1.29, 1.82) is 0 Å². The maximum absolute atomic E-state index is 12.1. The van der Waals surface area contributed by atoms with Gasteiger partial charge in [-0.05, 0) is 55.1 Å². The lowest BCUT2D eigenvalue weighted by molar-refractivity contribution is 0.0130. The predicted molar refractivity (Wildman–Crippen MR) is 69.1 cm³/mol. The number of hydrogen-bond donors (Lipinski definition) is 0. The smallest absolute Gasteiger partial charge is 0.410 e. The minimum Gasteiger partial charge on any atom is -0.444 e. The molecule has 0 saturated carbocycles. The molecule has 4 nitrogen and oxygen atoms in total. The van der Waals surface area contributed by atoms with Crippen LogP contribution in [0.2, 0.25) is 0 Å². The fraction of sp³-hybridized carbons (Fsp3) is 0.923. The molecule has 1 saturated heterocycles. The highest BCUT2D eigenvalue weighted by Crippen LogP contribution is 2.31. The summed E-state index contributed by atoms with van der Waals surface area (Å²) in [5.74, 6) is 0. The first-order chi connectivity index (χ1) is 7.53. The van der Waals surface area contributed by atoms with Crippen molar-refractivity contribution in [1.82, 2.24) is 9.80 Å². The van der Waals surface area contributed by atoms with Gasteiger partial charge in [0.25, 0.3) is 0 Å². The van der Waals surface area contributed by atoms with Crippen molar-refractivity contribution in [2.45, 2.75) is 58.2 Å². The average Bonchev–Trinajstić information content (AvgIpc) is 2.38. The number of likely N-dealkylation sites (tertiary alicyclic amines) is 1.